The zero-order valence-corrected chi connectivity index (χ0v) is 14.5. The number of hydrogen-bond donors (Lipinski definition) is 1. The maximum Gasteiger partial charge on any atom is 0.317 e. The van der Waals surface area contributed by atoms with Gasteiger partial charge < -0.3 is 9.84 Å². The van der Waals surface area contributed by atoms with Crippen molar-refractivity contribution in [1.82, 2.24) is 9.80 Å². The van der Waals surface area contributed by atoms with Gasteiger partial charge in [0.2, 0.25) is 0 Å². The molecule has 0 bridgehead atoms. The van der Waals surface area contributed by atoms with Gasteiger partial charge in [-0.15, -0.1) is 0 Å². The van der Waals surface area contributed by atoms with E-state index in [1.807, 2.05) is 11.9 Å². The summed E-state index contributed by atoms with van der Waals surface area (Å²) in [6.07, 6.45) is 2.94. The Morgan fingerprint density at radius 3 is 2.96 bits per heavy atom. The van der Waals surface area contributed by atoms with Crippen LogP contribution in [0.5, 0.6) is 5.75 Å². The van der Waals surface area contributed by atoms with E-state index >= 15 is 0 Å². The summed E-state index contributed by atoms with van der Waals surface area (Å²) in [6, 6.07) is 6.49. The summed E-state index contributed by atoms with van der Waals surface area (Å²) < 4.78 is 5.63. The number of nitro groups is 1. The highest BCUT2D eigenvalue weighted by atomic mass is 16.6. The van der Waals surface area contributed by atoms with E-state index in [2.05, 4.69) is 4.90 Å². The average molecular weight is 351 g/mol. The van der Waals surface area contributed by atoms with Crippen molar-refractivity contribution in [2.75, 3.05) is 39.8 Å². The minimum Gasteiger partial charge on any atom is -0.492 e. The SMILES string of the molecule is CN(CC(=O)O)C1CCCN(CCOc2cccc([N+](=O)[O-])c2)CC1. The first-order chi connectivity index (χ1) is 12.0. The Kier molecular flexibility index (Phi) is 7.15. The fourth-order valence-electron chi connectivity index (χ4n) is 3.12. The summed E-state index contributed by atoms with van der Waals surface area (Å²) in [5, 5.41) is 19.7. The standard InChI is InChI=1S/C17H25N3O5/c1-18(13-17(21)22)14-5-3-8-19(9-7-14)10-11-25-16-6-2-4-15(12-16)20(23)24/h2,4,6,12,14H,3,5,7-11,13H2,1H3,(H,21,22). The van der Waals surface area contributed by atoms with E-state index < -0.39 is 10.9 Å². The van der Waals surface area contributed by atoms with Gasteiger partial charge in [-0.1, -0.05) is 6.07 Å². The van der Waals surface area contributed by atoms with E-state index in [4.69, 9.17) is 9.84 Å². The fraction of sp³-hybridized carbons (Fsp3) is 0.588. The number of hydrogen-bond acceptors (Lipinski definition) is 6. The second-order valence-electron chi connectivity index (χ2n) is 6.34. The third kappa shape index (κ3) is 6.32. The molecule has 1 heterocycles. The molecule has 1 saturated heterocycles. The lowest BCUT2D eigenvalue weighted by Crippen LogP contribution is -2.37. The van der Waals surface area contributed by atoms with Crippen molar-refractivity contribution >= 4 is 11.7 Å². The van der Waals surface area contributed by atoms with Crippen LogP contribution in [0.4, 0.5) is 5.69 Å². The zero-order chi connectivity index (χ0) is 18.2. The number of aliphatic carboxylic acids is 1. The highest BCUT2D eigenvalue weighted by molar-refractivity contribution is 5.69. The molecule has 2 rings (SSSR count). The predicted octanol–water partition coefficient (Wildman–Crippen LogP) is 1.84. The summed E-state index contributed by atoms with van der Waals surface area (Å²) in [4.78, 5) is 25.4. The molecule has 0 aromatic heterocycles. The predicted molar refractivity (Wildman–Crippen MR) is 92.9 cm³/mol. The van der Waals surface area contributed by atoms with Crippen molar-refractivity contribution in [2.24, 2.45) is 0 Å². The van der Waals surface area contributed by atoms with Crippen LogP contribution in [0.1, 0.15) is 19.3 Å². The first kappa shape index (κ1) is 19.1. The molecule has 0 radical (unpaired) electrons. The smallest absolute Gasteiger partial charge is 0.317 e. The summed E-state index contributed by atoms with van der Waals surface area (Å²) in [7, 11) is 1.86. The Morgan fingerprint density at radius 1 is 1.44 bits per heavy atom. The van der Waals surface area contributed by atoms with Crippen LogP contribution >= 0.6 is 0 Å². The van der Waals surface area contributed by atoms with Gasteiger partial charge in [0.1, 0.15) is 12.4 Å². The first-order valence-electron chi connectivity index (χ1n) is 8.47. The van der Waals surface area contributed by atoms with Crippen LogP contribution in [0.3, 0.4) is 0 Å². The number of benzene rings is 1. The van der Waals surface area contributed by atoms with Crippen molar-refractivity contribution in [1.29, 1.82) is 0 Å². The molecular weight excluding hydrogens is 326 g/mol. The van der Waals surface area contributed by atoms with Gasteiger partial charge in [0.25, 0.3) is 5.69 Å². The van der Waals surface area contributed by atoms with Gasteiger partial charge in [0.05, 0.1) is 17.5 Å². The third-order valence-electron chi connectivity index (χ3n) is 4.50. The molecule has 1 aromatic carbocycles. The number of nitro benzene ring substituents is 1. The monoisotopic (exact) mass is 351 g/mol. The number of carbonyl (C=O) groups is 1. The molecule has 0 aliphatic carbocycles. The molecule has 0 spiro atoms. The normalized spacial score (nSPS) is 18.7. The van der Waals surface area contributed by atoms with Gasteiger partial charge in [-0.2, -0.15) is 0 Å². The summed E-state index contributed by atoms with van der Waals surface area (Å²) in [6.45, 7) is 3.14. The number of non-ortho nitro benzene ring substituents is 1. The molecule has 1 aliphatic rings. The molecule has 1 aromatic rings. The number of likely N-dealkylation sites (N-methyl/N-ethyl adjacent to an activating group) is 1. The van der Waals surface area contributed by atoms with Crippen LogP contribution in [0.2, 0.25) is 0 Å². The van der Waals surface area contributed by atoms with Crippen LogP contribution in [-0.2, 0) is 4.79 Å². The number of likely N-dealkylation sites (tertiary alicyclic amines) is 1. The van der Waals surface area contributed by atoms with Crippen molar-refractivity contribution in [2.45, 2.75) is 25.3 Å². The van der Waals surface area contributed by atoms with E-state index in [0.29, 0.717) is 18.4 Å². The van der Waals surface area contributed by atoms with Gasteiger partial charge in [0.15, 0.2) is 0 Å². The summed E-state index contributed by atoms with van der Waals surface area (Å²) in [5.74, 6) is -0.294. The second kappa shape index (κ2) is 9.33. The zero-order valence-electron chi connectivity index (χ0n) is 14.5. The number of nitrogens with zero attached hydrogens (tertiary/aromatic N) is 3. The van der Waals surface area contributed by atoms with Gasteiger partial charge in [-0.25, -0.2) is 0 Å². The van der Waals surface area contributed by atoms with E-state index in [9.17, 15) is 14.9 Å². The molecule has 1 aliphatic heterocycles. The van der Waals surface area contributed by atoms with E-state index in [0.717, 1.165) is 38.9 Å². The quantitative estimate of drug-likeness (QED) is 0.564. The van der Waals surface area contributed by atoms with Crippen LogP contribution in [0.15, 0.2) is 24.3 Å². The highest BCUT2D eigenvalue weighted by Gasteiger charge is 2.21. The average Bonchev–Trinajstić information content (AvgIpc) is 2.80. The number of ether oxygens (including phenoxy) is 1. The molecule has 1 unspecified atom stereocenters. The lowest BCUT2D eigenvalue weighted by molar-refractivity contribution is -0.384. The highest BCUT2D eigenvalue weighted by Crippen LogP contribution is 2.19. The largest absolute Gasteiger partial charge is 0.492 e. The first-order valence-corrected chi connectivity index (χ1v) is 8.47. The van der Waals surface area contributed by atoms with Gasteiger partial charge >= 0.3 is 5.97 Å². The Morgan fingerprint density at radius 2 is 2.24 bits per heavy atom. The maximum atomic E-state index is 10.8. The van der Waals surface area contributed by atoms with Crippen molar-refractivity contribution in [3.05, 3.63) is 34.4 Å². The summed E-state index contributed by atoms with van der Waals surface area (Å²) in [5.41, 5.74) is 0.0246. The van der Waals surface area contributed by atoms with Crippen molar-refractivity contribution in [3.8, 4) is 5.75 Å². The minimum atomic E-state index is -0.797. The topological polar surface area (TPSA) is 96.2 Å². The molecule has 8 heteroatoms. The van der Waals surface area contributed by atoms with Gasteiger partial charge in [0, 0.05) is 18.7 Å². The number of rotatable bonds is 8. The Balaban J connectivity index is 1.75. The minimum absolute atomic E-state index is 0.0246. The number of carboxylic acid groups (broad SMARTS) is 1. The lowest BCUT2D eigenvalue weighted by Gasteiger charge is -2.25. The Hall–Kier alpha value is -2.19. The number of carboxylic acids is 1. The lowest BCUT2D eigenvalue weighted by atomic mass is 10.1. The van der Waals surface area contributed by atoms with E-state index in [1.165, 1.54) is 12.1 Å². The third-order valence-corrected chi connectivity index (χ3v) is 4.50. The molecule has 1 fully saturated rings. The molecule has 138 valence electrons. The van der Waals surface area contributed by atoms with Crippen LogP contribution in [0, 0.1) is 10.1 Å². The fourth-order valence-corrected chi connectivity index (χ4v) is 3.12. The Bertz CT molecular complexity index is 595. The molecule has 25 heavy (non-hydrogen) atoms. The Labute approximate surface area is 147 Å². The van der Waals surface area contributed by atoms with E-state index in [1.54, 1.807) is 12.1 Å². The molecular formula is C17H25N3O5. The molecule has 1 atom stereocenters. The molecule has 0 saturated carbocycles. The van der Waals surface area contributed by atoms with E-state index in [-0.39, 0.29) is 12.2 Å². The summed E-state index contributed by atoms with van der Waals surface area (Å²) >= 11 is 0. The second-order valence-corrected chi connectivity index (χ2v) is 6.34. The van der Waals surface area contributed by atoms with Crippen LogP contribution in [-0.4, -0.2) is 71.7 Å². The van der Waals surface area contributed by atoms with Gasteiger partial charge in [-0.05, 0) is 45.5 Å². The molecule has 1 N–H and O–H groups in total. The van der Waals surface area contributed by atoms with Crippen molar-refractivity contribution < 1.29 is 19.6 Å². The van der Waals surface area contributed by atoms with Gasteiger partial charge in [-0.3, -0.25) is 24.7 Å². The molecule has 0 amide bonds. The van der Waals surface area contributed by atoms with Crippen molar-refractivity contribution in [3.63, 3.8) is 0 Å². The molecule has 8 nitrogen and oxygen atoms in total. The van der Waals surface area contributed by atoms with Crippen LogP contribution < -0.4 is 4.74 Å². The maximum absolute atomic E-state index is 10.8. The van der Waals surface area contributed by atoms with Crippen LogP contribution in [0.25, 0.3) is 0 Å².